The molecule has 1 N–H and O–H groups in total. The predicted molar refractivity (Wildman–Crippen MR) is 108 cm³/mol. The van der Waals surface area contributed by atoms with Crippen molar-refractivity contribution < 1.29 is 37.0 Å². The number of Topliss-reactive ketones (excluding diaryl/α,β-unsaturated/α-hetero) is 1. The summed E-state index contributed by atoms with van der Waals surface area (Å²) in [7, 11) is 1.19. The van der Waals surface area contributed by atoms with Crippen LogP contribution >= 0.6 is 0 Å². The molecule has 0 unspecified atom stereocenters. The van der Waals surface area contributed by atoms with Crippen LogP contribution in [0, 0.1) is 11.8 Å². The number of benzene rings is 1. The van der Waals surface area contributed by atoms with E-state index in [9.17, 15) is 27.6 Å². The predicted octanol–water partition coefficient (Wildman–Crippen LogP) is 3.88. The minimum Gasteiger partial charge on any atom is -0.468 e. The normalized spacial score (nSPS) is 23.5. The summed E-state index contributed by atoms with van der Waals surface area (Å²) < 4.78 is 49.2. The molecule has 9 heteroatoms. The van der Waals surface area contributed by atoms with E-state index in [-0.39, 0.29) is 23.7 Å². The molecule has 0 bridgehead atoms. The van der Waals surface area contributed by atoms with Gasteiger partial charge < -0.3 is 14.8 Å². The van der Waals surface area contributed by atoms with Gasteiger partial charge in [0.05, 0.1) is 24.9 Å². The van der Waals surface area contributed by atoms with E-state index in [1.54, 1.807) is 20.8 Å². The van der Waals surface area contributed by atoms with E-state index in [4.69, 9.17) is 9.47 Å². The lowest BCUT2D eigenvalue weighted by molar-refractivity contribution is -0.151. The topological polar surface area (TPSA) is 81.7 Å². The number of alkyl halides is 3. The molecule has 1 aliphatic heterocycles. The second kappa shape index (κ2) is 8.80. The molecular formula is C23H24F3NO5. The third kappa shape index (κ3) is 4.16. The van der Waals surface area contributed by atoms with Crippen LogP contribution in [-0.2, 0) is 30.0 Å². The number of methoxy groups -OCH3 is 1. The van der Waals surface area contributed by atoms with Gasteiger partial charge in [0, 0.05) is 22.9 Å². The Kier molecular flexibility index (Phi) is 6.48. The van der Waals surface area contributed by atoms with E-state index >= 15 is 0 Å². The van der Waals surface area contributed by atoms with Gasteiger partial charge in [-0.15, -0.1) is 0 Å². The molecule has 0 fully saturated rings. The van der Waals surface area contributed by atoms with Crippen molar-refractivity contribution in [3.05, 3.63) is 57.9 Å². The van der Waals surface area contributed by atoms with Crippen LogP contribution in [0.5, 0.6) is 0 Å². The zero-order chi connectivity index (χ0) is 23.8. The Morgan fingerprint density at radius 3 is 2.34 bits per heavy atom. The van der Waals surface area contributed by atoms with Crippen LogP contribution in [-0.4, -0.2) is 31.4 Å². The number of hydrogen-bond donors (Lipinski definition) is 1. The molecule has 1 aromatic carbocycles. The third-order valence-corrected chi connectivity index (χ3v) is 5.81. The Labute approximate surface area is 183 Å². The minimum atomic E-state index is -4.53. The van der Waals surface area contributed by atoms with Crippen LogP contribution in [0.4, 0.5) is 13.2 Å². The quantitative estimate of drug-likeness (QED) is 0.553. The van der Waals surface area contributed by atoms with Gasteiger partial charge >= 0.3 is 18.1 Å². The van der Waals surface area contributed by atoms with Crippen LogP contribution in [0.25, 0.3) is 0 Å². The summed E-state index contributed by atoms with van der Waals surface area (Å²) in [6, 6.07) is 4.30. The molecule has 2 aliphatic rings. The number of dihydropyridines is 1. The maximum atomic E-state index is 13.5. The summed E-state index contributed by atoms with van der Waals surface area (Å²) in [6.07, 6.45) is -4.19. The molecule has 0 amide bonds. The maximum Gasteiger partial charge on any atom is 0.416 e. The molecule has 172 valence electrons. The first kappa shape index (κ1) is 23.6. The Balaban J connectivity index is 2.18. The number of hydrogen-bond acceptors (Lipinski definition) is 6. The van der Waals surface area contributed by atoms with Gasteiger partial charge in [0.1, 0.15) is 5.92 Å². The largest absolute Gasteiger partial charge is 0.468 e. The minimum absolute atomic E-state index is 0.0804. The zero-order valence-electron chi connectivity index (χ0n) is 18.1. The van der Waals surface area contributed by atoms with Crippen molar-refractivity contribution in [3.63, 3.8) is 0 Å². The Morgan fingerprint density at radius 2 is 1.81 bits per heavy atom. The average Bonchev–Trinajstić information content (AvgIpc) is 2.72. The summed E-state index contributed by atoms with van der Waals surface area (Å²) in [5.74, 6) is -4.29. The highest BCUT2D eigenvalue weighted by atomic mass is 19.4. The maximum absolute atomic E-state index is 13.5. The fourth-order valence-corrected chi connectivity index (χ4v) is 4.36. The van der Waals surface area contributed by atoms with Crippen molar-refractivity contribution in [3.8, 4) is 0 Å². The lowest BCUT2D eigenvalue weighted by atomic mass is 9.69. The van der Waals surface area contributed by atoms with Crippen molar-refractivity contribution in [2.45, 2.75) is 39.3 Å². The Bertz CT molecular complexity index is 1010. The van der Waals surface area contributed by atoms with E-state index in [1.807, 2.05) is 0 Å². The first-order valence-corrected chi connectivity index (χ1v) is 10.2. The Hall–Kier alpha value is -3.10. The molecule has 6 nitrogen and oxygen atoms in total. The van der Waals surface area contributed by atoms with E-state index in [2.05, 4.69) is 5.32 Å². The van der Waals surface area contributed by atoms with Crippen LogP contribution < -0.4 is 5.32 Å². The number of carbonyl (C=O) groups is 3. The van der Waals surface area contributed by atoms with Gasteiger partial charge in [0.15, 0.2) is 5.78 Å². The first-order chi connectivity index (χ1) is 15.0. The molecule has 0 saturated heterocycles. The molecule has 0 spiro atoms. The fourth-order valence-electron chi connectivity index (χ4n) is 4.36. The smallest absolute Gasteiger partial charge is 0.416 e. The number of allylic oxidation sites excluding steroid dienone is 3. The molecule has 0 saturated carbocycles. The highest BCUT2D eigenvalue weighted by molar-refractivity contribution is 6.12. The summed E-state index contributed by atoms with van der Waals surface area (Å²) >= 11 is 0. The zero-order valence-corrected chi connectivity index (χ0v) is 18.1. The lowest BCUT2D eigenvalue weighted by Crippen LogP contribution is -2.43. The van der Waals surface area contributed by atoms with Gasteiger partial charge in [-0.3, -0.25) is 9.59 Å². The molecule has 3 rings (SSSR count). The third-order valence-electron chi connectivity index (χ3n) is 5.81. The van der Waals surface area contributed by atoms with E-state index in [0.717, 1.165) is 12.1 Å². The standard InChI is InChI=1S/C23H24F3NO5/c1-5-32-22(30)17-12(3)27-15-10-11(2)16(21(29)31-4)20(28)19(15)18(17)13-6-8-14(9-7-13)23(24,25)26/h6-9,11,16,18,27H,5,10H2,1-4H3/t11-,16-,18-/m1/s1. The van der Waals surface area contributed by atoms with Crippen molar-refractivity contribution in [1.82, 2.24) is 5.32 Å². The van der Waals surface area contributed by atoms with Crippen molar-refractivity contribution in [2.75, 3.05) is 13.7 Å². The average molecular weight is 451 g/mol. The summed E-state index contributed by atoms with van der Waals surface area (Å²) in [4.78, 5) is 38.6. The first-order valence-electron chi connectivity index (χ1n) is 10.2. The monoisotopic (exact) mass is 451 g/mol. The lowest BCUT2D eigenvalue weighted by Gasteiger charge is -2.38. The number of ketones is 1. The van der Waals surface area contributed by atoms with Crippen LogP contribution in [0.3, 0.4) is 0 Å². The molecule has 32 heavy (non-hydrogen) atoms. The fraction of sp³-hybridized carbons (Fsp3) is 0.435. The van der Waals surface area contributed by atoms with Gasteiger partial charge in [-0.2, -0.15) is 13.2 Å². The number of nitrogens with one attached hydrogen (secondary N) is 1. The van der Waals surface area contributed by atoms with Gasteiger partial charge in [-0.25, -0.2) is 4.79 Å². The second-order valence-electron chi connectivity index (χ2n) is 7.88. The number of esters is 2. The van der Waals surface area contributed by atoms with Crippen LogP contribution in [0.15, 0.2) is 46.8 Å². The van der Waals surface area contributed by atoms with Gasteiger partial charge in [0.2, 0.25) is 0 Å². The highest BCUT2D eigenvalue weighted by Gasteiger charge is 2.47. The van der Waals surface area contributed by atoms with Gasteiger partial charge in [-0.1, -0.05) is 19.1 Å². The van der Waals surface area contributed by atoms with E-state index in [1.165, 1.54) is 19.2 Å². The van der Waals surface area contributed by atoms with Gasteiger partial charge in [0.25, 0.3) is 0 Å². The molecule has 1 aliphatic carbocycles. The van der Waals surface area contributed by atoms with Crippen molar-refractivity contribution in [2.24, 2.45) is 11.8 Å². The molecule has 0 aromatic heterocycles. The SMILES string of the molecule is CCOC(=O)C1=C(C)NC2=C(C(=O)[C@H](C(=O)OC)[C@H](C)C2)[C@@H]1c1ccc(C(F)(F)F)cc1. The number of halogens is 3. The molecule has 0 radical (unpaired) electrons. The molecule has 1 heterocycles. The number of ether oxygens (including phenoxy) is 2. The van der Waals surface area contributed by atoms with Crippen LogP contribution in [0.1, 0.15) is 44.2 Å². The molecule has 3 atom stereocenters. The van der Waals surface area contributed by atoms with Crippen molar-refractivity contribution in [1.29, 1.82) is 0 Å². The molecular weight excluding hydrogens is 427 g/mol. The summed E-state index contributed by atoms with van der Waals surface area (Å²) in [5.41, 5.74) is 0.755. The number of carbonyl (C=O) groups excluding carboxylic acids is 3. The van der Waals surface area contributed by atoms with Crippen molar-refractivity contribution >= 4 is 17.7 Å². The summed E-state index contributed by atoms with van der Waals surface area (Å²) in [5, 5.41) is 3.09. The van der Waals surface area contributed by atoms with Crippen LogP contribution in [0.2, 0.25) is 0 Å². The van der Waals surface area contributed by atoms with Gasteiger partial charge in [-0.05, 0) is 43.9 Å². The van der Waals surface area contributed by atoms with E-state index in [0.29, 0.717) is 23.4 Å². The van der Waals surface area contributed by atoms with E-state index < -0.39 is 41.3 Å². The second-order valence-corrected chi connectivity index (χ2v) is 7.88. The summed E-state index contributed by atoms with van der Waals surface area (Å²) in [6.45, 7) is 5.10. The Morgan fingerprint density at radius 1 is 1.19 bits per heavy atom. The molecule has 1 aromatic rings. The number of rotatable bonds is 4. The highest BCUT2D eigenvalue weighted by Crippen LogP contribution is 2.45.